The highest BCUT2D eigenvalue weighted by Gasteiger charge is 2.34. The third kappa shape index (κ3) is 3.50. The molecular weight excluding hydrogens is 352 g/mol. The zero-order valence-electron chi connectivity index (χ0n) is 14.2. The van der Waals surface area contributed by atoms with Gasteiger partial charge < -0.3 is 4.74 Å². The van der Waals surface area contributed by atoms with E-state index in [1.807, 2.05) is 30.3 Å². The molecule has 2 unspecified atom stereocenters. The minimum atomic E-state index is -0.585. The fourth-order valence-electron chi connectivity index (χ4n) is 3.34. The minimum absolute atomic E-state index is 0.0730. The lowest BCUT2D eigenvalue weighted by Crippen LogP contribution is -2.26. The van der Waals surface area contributed by atoms with Gasteiger partial charge in [0.1, 0.15) is 11.1 Å². The van der Waals surface area contributed by atoms with E-state index in [0.29, 0.717) is 36.1 Å². The van der Waals surface area contributed by atoms with Gasteiger partial charge in [0.15, 0.2) is 6.29 Å². The molecule has 0 spiro atoms. The summed E-state index contributed by atoms with van der Waals surface area (Å²) in [7, 11) is 0. The molecule has 0 bridgehead atoms. The maximum absolute atomic E-state index is 11.9. The molecule has 1 aliphatic heterocycles. The molecule has 1 N–H and O–H groups in total. The van der Waals surface area contributed by atoms with Crippen molar-refractivity contribution in [2.75, 3.05) is 6.61 Å². The molecule has 1 saturated carbocycles. The predicted octanol–water partition coefficient (Wildman–Crippen LogP) is 3.22. The van der Waals surface area contributed by atoms with E-state index in [9.17, 15) is 9.59 Å². The predicted molar refractivity (Wildman–Crippen MR) is 97.3 cm³/mol. The normalized spacial score (nSPS) is 21.3. The highest BCUT2D eigenvalue weighted by molar-refractivity contribution is 6.31. The summed E-state index contributed by atoms with van der Waals surface area (Å²) in [6, 6.07) is 8.87. The average molecular weight is 371 g/mol. The molecule has 0 radical (unpaired) electrons. The van der Waals surface area contributed by atoms with Crippen LogP contribution in [0.3, 0.4) is 0 Å². The molecule has 2 aliphatic rings. The molecular formula is C20H19ClN2O3. The minimum Gasteiger partial charge on any atom is -0.476 e. The number of ether oxygens (including phenoxy) is 1. The third-order valence-electron chi connectivity index (χ3n) is 4.91. The van der Waals surface area contributed by atoms with Crippen molar-refractivity contribution in [1.29, 1.82) is 0 Å². The van der Waals surface area contributed by atoms with Crippen LogP contribution in [0.5, 0.6) is 5.88 Å². The van der Waals surface area contributed by atoms with E-state index in [4.69, 9.17) is 16.3 Å². The Morgan fingerprint density at radius 1 is 1.31 bits per heavy atom. The van der Waals surface area contributed by atoms with Gasteiger partial charge in [-0.2, -0.15) is 0 Å². The van der Waals surface area contributed by atoms with Crippen molar-refractivity contribution in [2.24, 2.45) is 5.92 Å². The monoisotopic (exact) mass is 370 g/mol. The molecule has 134 valence electrons. The van der Waals surface area contributed by atoms with Crippen LogP contribution in [0.4, 0.5) is 0 Å². The highest BCUT2D eigenvalue weighted by Crippen LogP contribution is 2.36. The molecule has 4 rings (SSSR count). The SMILES string of the molecule is O=CC(=O)C1NC(Cc2cnc(OCC3CC3)c(Cl)c2)c2ccccc21. The van der Waals surface area contributed by atoms with Gasteiger partial charge in [-0.3, -0.25) is 14.9 Å². The lowest BCUT2D eigenvalue weighted by molar-refractivity contribution is -0.131. The van der Waals surface area contributed by atoms with Crippen LogP contribution >= 0.6 is 11.6 Å². The summed E-state index contributed by atoms with van der Waals surface area (Å²) in [6.07, 6.45) is 5.18. The van der Waals surface area contributed by atoms with Crippen LogP contribution in [0.15, 0.2) is 36.5 Å². The van der Waals surface area contributed by atoms with E-state index < -0.39 is 11.8 Å². The number of carbonyl (C=O) groups is 2. The summed E-state index contributed by atoms with van der Waals surface area (Å²) < 4.78 is 5.66. The number of nitrogens with one attached hydrogen (secondary N) is 1. The number of hydrogen-bond donors (Lipinski definition) is 1. The summed E-state index contributed by atoms with van der Waals surface area (Å²) in [6.45, 7) is 0.666. The second kappa shape index (κ2) is 7.17. The van der Waals surface area contributed by atoms with E-state index in [-0.39, 0.29) is 6.04 Å². The highest BCUT2D eigenvalue weighted by atomic mass is 35.5. The van der Waals surface area contributed by atoms with Crippen molar-refractivity contribution in [3.8, 4) is 5.88 Å². The number of halogens is 1. The summed E-state index contributed by atoms with van der Waals surface area (Å²) in [5, 5.41) is 3.75. The molecule has 1 aromatic heterocycles. The van der Waals surface area contributed by atoms with E-state index in [1.165, 1.54) is 12.8 Å². The molecule has 0 saturated heterocycles. The van der Waals surface area contributed by atoms with Crippen molar-refractivity contribution in [3.05, 3.63) is 58.2 Å². The zero-order chi connectivity index (χ0) is 18.1. The van der Waals surface area contributed by atoms with Crippen molar-refractivity contribution >= 4 is 23.7 Å². The molecule has 6 heteroatoms. The van der Waals surface area contributed by atoms with Crippen molar-refractivity contribution in [3.63, 3.8) is 0 Å². The molecule has 2 aromatic rings. The number of Topliss-reactive ketones (excluding diaryl/α,β-unsaturated/α-hetero) is 1. The standard InChI is InChI=1S/C20H19ClN2O3/c21-16-7-13(9-22-20(16)26-11-12-5-6-12)8-17-14-3-1-2-4-15(14)19(23-17)18(25)10-24/h1-4,7,9-10,12,17,19,23H,5-6,8,11H2. The van der Waals surface area contributed by atoms with Gasteiger partial charge in [0.05, 0.1) is 6.61 Å². The summed E-state index contributed by atoms with van der Waals surface area (Å²) in [5.41, 5.74) is 2.83. The van der Waals surface area contributed by atoms with Gasteiger partial charge in [0.25, 0.3) is 0 Å². The number of carbonyl (C=O) groups excluding carboxylic acids is 2. The first kappa shape index (κ1) is 17.2. The molecule has 2 atom stereocenters. The molecule has 2 heterocycles. The van der Waals surface area contributed by atoms with Crippen LogP contribution in [-0.4, -0.2) is 23.7 Å². The number of benzene rings is 1. The Hall–Kier alpha value is -2.24. The van der Waals surface area contributed by atoms with Crippen molar-refractivity contribution in [1.82, 2.24) is 10.3 Å². The second-order valence-corrected chi connectivity index (χ2v) is 7.30. The Kier molecular flexibility index (Phi) is 4.74. The molecule has 1 aromatic carbocycles. The van der Waals surface area contributed by atoms with Crippen LogP contribution in [0.1, 0.15) is 41.6 Å². The van der Waals surface area contributed by atoms with Crippen LogP contribution in [0.25, 0.3) is 0 Å². The molecule has 1 fully saturated rings. The van der Waals surface area contributed by atoms with E-state index in [0.717, 1.165) is 16.7 Å². The van der Waals surface area contributed by atoms with E-state index in [1.54, 1.807) is 6.20 Å². The first-order chi connectivity index (χ1) is 12.7. The van der Waals surface area contributed by atoms with Gasteiger partial charge in [0.2, 0.25) is 11.7 Å². The lowest BCUT2D eigenvalue weighted by atomic mass is 9.97. The van der Waals surface area contributed by atoms with Gasteiger partial charge in [-0.15, -0.1) is 0 Å². The maximum Gasteiger partial charge on any atom is 0.232 e. The van der Waals surface area contributed by atoms with Gasteiger partial charge >= 0.3 is 0 Å². The fourth-order valence-corrected chi connectivity index (χ4v) is 3.59. The number of hydrogen-bond acceptors (Lipinski definition) is 5. The Balaban J connectivity index is 1.51. The number of ketones is 1. The maximum atomic E-state index is 11.9. The molecule has 26 heavy (non-hydrogen) atoms. The number of aromatic nitrogens is 1. The quantitative estimate of drug-likeness (QED) is 0.598. The third-order valence-corrected chi connectivity index (χ3v) is 5.18. The Labute approximate surface area is 156 Å². The average Bonchev–Trinajstić information content (AvgIpc) is 3.42. The Morgan fingerprint density at radius 3 is 2.77 bits per heavy atom. The van der Waals surface area contributed by atoms with E-state index in [2.05, 4.69) is 10.3 Å². The van der Waals surface area contributed by atoms with Gasteiger partial charge in [0, 0.05) is 12.2 Å². The Bertz CT molecular complexity index is 851. The van der Waals surface area contributed by atoms with Gasteiger partial charge in [-0.05, 0) is 47.9 Å². The largest absolute Gasteiger partial charge is 0.476 e. The molecule has 0 amide bonds. The summed E-state index contributed by atoms with van der Waals surface area (Å²) >= 11 is 6.31. The first-order valence-electron chi connectivity index (χ1n) is 8.77. The summed E-state index contributed by atoms with van der Waals surface area (Å²) in [5.74, 6) is 0.648. The topological polar surface area (TPSA) is 68.3 Å². The number of rotatable bonds is 7. The van der Waals surface area contributed by atoms with Crippen LogP contribution in [0.2, 0.25) is 5.02 Å². The fraction of sp³-hybridized carbons (Fsp3) is 0.350. The van der Waals surface area contributed by atoms with E-state index >= 15 is 0 Å². The molecule has 1 aliphatic carbocycles. The summed E-state index contributed by atoms with van der Waals surface area (Å²) in [4.78, 5) is 27.2. The zero-order valence-corrected chi connectivity index (χ0v) is 14.9. The number of pyridine rings is 1. The van der Waals surface area contributed by atoms with Crippen LogP contribution in [-0.2, 0) is 16.0 Å². The number of fused-ring (bicyclic) bond motifs is 1. The second-order valence-electron chi connectivity index (χ2n) is 6.89. The Morgan fingerprint density at radius 2 is 2.08 bits per heavy atom. The van der Waals surface area contributed by atoms with Crippen LogP contribution < -0.4 is 10.1 Å². The van der Waals surface area contributed by atoms with Crippen molar-refractivity contribution in [2.45, 2.75) is 31.3 Å². The number of aldehydes is 1. The van der Waals surface area contributed by atoms with Gasteiger partial charge in [-0.25, -0.2) is 4.98 Å². The van der Waals surface area contributed by atoms with Crippen molar-refractivity contribution < 1.29 is 14.3 Å². The number of nitrogens with zero attached hydrogens (tertiary/aromatic N) is 1. The van der Waals surface area contributed by atoms with Gasteiger partial charge in [-0.1, -0.05) is 35.9 Å². The van der Waals surface area contributed by atoms with Crippen LogP contribution in [0, 0.1) is 5.92 Å². The lowest BCUT2D eigenvalue weighted by Gasteiger charge is -2.14. The first-order valence-corrected chi connectivity index (χ1v) is 9.14. The smallest absolute Gasteiger partial charge is 0.232 e. The molecule has 5 nitrogen and oxygen atoms in total.